The van der Waals surface area contributed by atoms with Gasteiger partial charge in [-0.2, -0.15) is 13.2 Å². The minimum Gasteiger partial charge on any atom is -0.330 e. The molecule has 29 heavy (non-hydrogen) atoms. The van der Waals surface area contributed by atoms with Gasteiger partial charge in [-0.15, -0.1) is 0 Å². The molecule has 2 aliphatic heterocycles. The summed E-state index contributed by atoms with van der Waals surface area (Å²) in [4.78, 5) is 32.1. The molecular formula is C20H27F3N4O2. The number of alkyl halides is 3. The van der Waals surface area contributed by atoms with E-state index in [4.69, 9.17) is 0 Å². The van der Waals surface area contributed by atoms with E-state index < -0.39 is 12.6 Å². The largest absolute Gasteiger partial charge is 0.390 e. The number of likely N-dealkylation sites (tertiary alicyclic amines) is 1. The van der Waals surface area contributed by atoms with Crippen molar-refractivity contribution in [3.63, 3.8) is 0 Å². The third-order valence-corrected chi connectivity index (χ3v) is 5.65. The molecule has 3 heterocycles. The number of imidazole rings is 1. The number of ketones is 1. The number of aromatic nitrogens is 2. The van der Waals surface area contributed by atoms with Crippen LogP contribution in [0.3, 0.4) is 0 Å². The van der Waals surface area contributed by atoms with E-state index in [-0.39, 0.29) is 30.3 Å². The number of Topliss-reactive ketones (excluding diaryl/α,β-unsaturated/α-hetero) is 1. The molecule has 1 amide bonds. The van der Waals surface area contributed by atoms with E-state index in [2.05, 4.69) is 4.98 Å². The summed E-state index contributed by atoms with van der Waals surface area (Å²) in [6.07, 6.45) is 2.19. The van der Waals surface area contributed by atoms with Crippen LogP contribution in [0.2, 0.25) is 0 Å². The molecule has 2 aliphatic rings. The summed E-state index contributed by atoms with van der Waals surface area (Å²) in [7, 11) is 0. The lowest BCUT2D eigenvalue weighted by Crippen LogP contribution is -2.40. The van der Waals surface area contributed by atoms with Crippen LogP contribution in [0.1, 0.15) is 61.9 Å². The number of hydrogen-bond acceptors (Lipinski definition) is 4. The summed E-state index contributed by atoms with van der Waals surface area (Å²) in [6.45, 7) is 4.94. The molecule has 0 saturated carbocycles. The molecule has 160 valence electrons. The highest BCUT2D eigenvalue weighted by Crippen LogP contribution is 2.26. The van der Waals surface area contributed by atoms with Crippen LogP contribution < -0.4 is 0 Å². The first-order valence-corrected chi connectivity index (χ1v) is 9.99. The molecule has 3 rings (SSSR count). The average molecular weight is 412 g/mol. The van der Waals surface area contributed by atoms with Crippen molar-refractivity contribution in [3.05, 3.63) is 29.9 Å². The standard InChI is InChI=1S/C20H27F3N4O2/c1-14-12-26(13-18-24-11-17(15(2)28)27(14)18)19(29)7-3-5-16-6-4-9-25(16)10-8-20(21,22)23/h3,7,11,14,16H,4-6,8-10,12-13H2,1-2H3/b7-3+. The Labute approximate surface area is 168 Å². The Hall–Kier alpha value is -2.16. The summed E-state index contributed by atoms with van der Waals surface area (Å²) >= 11 is 0. The zero-order valence-corrected chi connectivity index (χ0v) is 16.8. The SMILES string of the molecule is CC(=O)c1cnc2n1C(C)CN(C(=O)/C=C/CC1CCCN1CCC(F)(F)F)C2. The number of halogens is 3. The van der Waals surface area contributed by atoms with Crippen LogP contribution in [-0.2, 0) is 11.3 Å². The number of hydrogen-bond donors (Lipinski definition) is 0. The molecule has 0 radical (unpaired) electrons. The quantitative estimate of drug-likeness (QED) is 0.531. The summed E-state index contributed by atoms with van der Waals surface area (Å²) in [6, 6.07) is 0.00361. The normalized spacial score (nSPS) is 23.0. The molecular weight excluding hydrogens is 385 g/mol. The fourth-order valence-corrected chi connectivity index (χ4v) is 4.23. The second kappa shape index (κ2) is 8.69. The Morgan fingerprint density at radius 3 is 2.79 bits per heavy atom. The number of fused-ring (bicyclic) bond motifs is 1. The molecule has 0 bridgehead atoms. The summed E-state index contributed by atoms with van der Waals surface area (Å²) in [5.74, 6) is 0.488. The van der Waals surface area contributed by atoms with Crippen molar-refractivity contribution in [2.45, 2.75) is 64.3 Å². The van der Waals surface area contributed by atoms with Crippen LogP contribution in [0, 0.1) is 0 Å². The lowest BCUT2D eigenvalue weighted by Gasteiger charge is -2.32. The highest BCUT2D eigenvalue weighted by atomic mass is 19.4. The third kappa shape index (κ3) is 5.26. The van der Waals surface area contributed by atoms with Crippen LogP contribution >= 0.6 is 0 Å². The first kappa shape index (κ1) is 21.5. The van der Waals surface area contributed by atoms with Gasteiger partial charge in [-0.1, -0.05) is 6.08 Å². The highest BCUT2D eigenvalue weighted by molar-refractivity contribution is 5.92. The molecule has 1 aromatic rings. The first-order valence-electron chi connectivity index (χ1n) is 9.99. The van der Waals surface area contributed by atoms with Gasteiger partial charge in [0.1, 0.15) is 11.5 Å². The smallest absolute Gasteiger partial charge is 0.330 e. The van der Waals surface area contributed by atoms with Gasteiger partial charge in [-0.25, -0.2) is 4.98 Å². The Balaban J connectivity index is 1.55. The minimum absolute atomic E-state index is 0.0146. The molecule has 2 unspecified atom stereocenters. The van der Waals surface area contributed by atoms with Gasteiger partial charge in [0.2, 0.25) is 5.91 Å². The van der Waals surface area contributed by atoms with Gasteiger partial charge in [0.25, 0.3) is 0 Å². The van der Waals surface area contributed by atoms with E-state index in [1.807, 2.05) is 16.4 Å². The Bertz CT molecular complexity index is 787. The van der Waals surface area contributed by atoms with E-state index in [1.54, 1.807) is 17.2 Å². The monoisotopic (exact) mass is 412 g/mol. The second-order valence-corrected chi connectivity index (χ2v) is 7.89. The topological polar surface area (TPSA) is 58.4 Å². The van der Waals surface area contributed by atoms with Crippen LogP contribution in [-0.4, -0.2) is 62.9 Å². The molecule has 1 saturated heterocycles. The number of rotatable bonds is 6. The van der Waals surface area contributed by atoms with E-state index in [9.17, 15) is 22.8 Å². The fraction of sp³-hybridized carbons (Fsp3) is 0.650. The molecule has 0 spiro atoms. The molecule has 0 aromatic carbocycles. The minimum atomic E-state index is -4.14. The van der Waals surface area contributed by atoms with Crippen molar-refractivity contribution < 1.29 is 22.8 Å². The number of carbonyl (C=O) groups is 2. The Morgan fingerprint density at radius 1 is 1.34 bits per heavy atom. The van der Waals surface area contributed by atoms with Gasteiger partial charge in [-0.05, 0) is 38.8 Å². The maximum Gasteiger partial charge on any atom is 0.390 e. The van der Waals surface area contributed by atoms with Crippen LogP contribution in [0.25, 0.3) is 0 Å². The number of amides is 1. The number of carbonyl (C=O) groups excluding carboxylic acids is 2. The maximum absolute atomic E-state index is 12.6. The fourth-order valence-electron chi connectivity index (χ4n) is 4.23. The Morgan fingerprint density at radius 2 is 2.10 bits per heavy atom. The molecule has 0 aliphatic carbocycles. The Kier molecular flexibility index (Phi) is 6.45. The molecule has 2 atom stereocenters. The van der Waals surface area contributed by atoms with Crippen LogP contribution in [0.5, 0.6) is 0 Å². The predicted octanol–water partition coefficient (Wildman–Crippen LogP) is 3.35. The predicted molar refractivity (Wildman–Crippen MR) is 101 cm³/mol. The third-order valence-electron chi connectivity index (χ3n) is 5.65. The summed E-state index contributed by atoms with van der Waals surface area (Å²) in [5, 5.41) is 0. The van der Waals surface area contributed by atoms with Crippen molar-refractivity contribution in [1.29, 1.82) is 0 Å². The van der Waals surface area contributed by atoms with E-state index in [0.717, 1.165) is 12.8 Å². The lowest BCUT2D eigenvalue weighted by atomic mass is 10.1. The molecule has 1 fully saturated rings. The van der Waals surface area contributed by atoms with Crippen molar-refractivity contribution >= 4 is 11.7 Å². The van der Waals surface area contributed by atoms with Gasteiger partial charge in [0.15, 0.2) is 5.78 Å². The van der Waals surface area contributed by atoms with Crippen molar-refractivity contribution in [1.82, 2.24) is 19.4 Å². The maximum atomic E-state index is 12.6. The van der Waals surface area contributed by atoms with Gasteiger partial charge in [-0.3, -0.25) is 14.5 Å². The average Bonchev–Trinajstić information content (AvgIpc) is 3.26. The number of nitrogens with zero attached hydrogens (tertiary/aromatic N) is 4. The molecule has 0 N–H and O–H groups in total. The van der Waals surface area contributed by atoms with Crippen LogP contribution in [0.15, 0.2) is 18.3 Å². The molecule has 1 aromatic heterocycles. The van der Waals surface area contributed by atoms with E-state index in [0.29, 0.717) is 37.6 Å². The highest BCUT2D eigenvalue weighted by Gasteiger charge is 2.31. The first-order chi connectivity index (χ1) is 13.7. The zero-order valence-electron chi connectivity index (χ0n) is 16.8. The van der Waals surface area contributed by atoms with Gasteiger partial charge in [0, 0.05) is 26.1 Å². The van der Waals surface area contributed by atoms with Crippen molar-refractivity contribution in [2.75, 3.05) is 19.6 Å². The summed E-state index contributed by atoms with van der Waals surface area (Å²) < 4.78 is 39.3. The zero-order chi connectivity index (χ0) is 21.2. The van der Waals surface area contributed by atoms with Crippen LogP contribution in [0.4, 0.5) is 13.2 Å². The van der Waals surface area contributed by atoms with Gasteiger partial charge < -0.3 is 9.47 Å². The van der Waals surface area contributed by atoms with Crippen molar-refractivity contribution in [3.8, 4) is 0 Å². The van der Waals surface area contributed by atoms with Crippen molar-refractivity contribution in [2.24, 2.45) is 0 Å². The molecule has 6 nitrogen and oxygen atoms in total. The lowest BCUT2D eigenvalue weighted by molar-refractivity contribution is -0.138. The summed E-state index contributed by atoms with van der Waals surface area (Å²) in [5.41, 5.74) is 0.551. The van der Waals surface area contributed by atoms with E-state index in [1.165, 1.54) is 13.0 Å². The van der Waals surface area contributed by atoms with E-state index >= 15 is 0 Å². The molecule has 9 heteroatoms. The second-order valence-electron chi connectivity index (χ2n) is 7.89. The van der Waals surface area contributed by atoms with Gasteiger partial charge in [0.05, 0.1) is 25.2 Å². The van der Waals surface area contributed by atoms with Gasteiger partial charge >= 0.3 is 6.18 Å².